The number of hydrogen-bond acceptors (Lipinski definition) is 5. The van der Waals surface area contributed by atoms with Crippen LogP contribution in [0.4, 0.5) is 13.2 Å². The monoisotopic (exact) mass is 399 g/mol. The molecule has 136 valence electrons. The molecule has 0 radical (unpaired) electrons. The molecule has 0 fully saturated rings. The summed E-state index contributed by atoms with van der Waals surface area (Å²) in [5, 5.41) is 6.82. The minimum absolute atomic E-state index is 0.181. The van der Waals surface area contributed by atoms with Crippen molar-refractivity contribution >= 4 is 38.5 Å². The van der Waals surface area contributed by atoms with E-state index in [1.807, 2.05) is 0 Å². The van der Waals surface area contributed by atoms with Crippen molar-refractivity contribution in [2.45, 2.75) is 12.1 Å². The van der Waals surface area contributed by atoms with E-state index in [0.29, 0.717) is 22.4 Å². The zero-order valence-corrected chi connectivity index (χ0v) is 15.0. The first-order chi connectivity index (χ1) is 12.4. The predicted molar refractivity (Wildman–Crippen MR) is 96.1 cm³/mol. The molecule has 0 aromatic carbocycles. The van der Waals surface area contributed by atoms with Crippen molar-refractivity contribution in [2.75, 3.05) is 0 Å². The fourth-order valence-corrected chi connectivity index (χ4v) is 4.77. The lowest BCUT2D eigenvalue weighted by atomic mass is 10.2. The van der Waals surface area contributed by atoms with Gasteiger partial charge < -0.3 is 0 Å². The van der Waals surface area contributed by atoms with E-state index in [0.717, 1.165) is 11.5 Å². The smallest absolute Gasteiger partial charge is 0.284 e. The predicted octanol–water partition coefficient (Wildman–Crippen LogP) is 3.02. The molecule has 11 heteroatoms. The van der Waals surface area contributed by atoms with Crippen LogP contribution in [0.3, 0.4) is 0 Å². The highest BCUT2D eigenvalue weighted by Crippen LogP contribution is 2.58. The van der Waals surface area contributed by atoms with Crippen LogP contribution in [0, 0.1) is 0 Å². The second-order valence-corrected chi connectivity index (χ2v) is 8.26. The Morgan fingerprint density at radius 3 is 2.85 bits per heavy atom. The van der Waals surface area contributed by atoms with E-state index in [-0.39, 0.29) is 17.1 Å². The van der Waals surface area contributed by atoms with E-state index < -0.39 is 16.4 Å². The molecule has 0 spiro atoms. The van der Waals surface area contributed by atoms with Gasteiger partial charge in [0, 0.05) is 29.1 Å². The molecule has 1 aliphatic rings. The average Bonchev–Trinajstić information content (AvgIpc) is 3.32. The lowest BCUT2D eigenvalue weighted by molar-refractivity contribution is -0.0334. The molecule has 6 nitrogen and oxygen atoms in total. The quantitative estimate of drug-likeness (QED) is 0.688. The lowest BCUT2D eigenvalue weighted by Gasteiger charge is -2.21. The minimum atomic E-state index is -4.31. The number of pyridine rings is 1. The maximum Gasteiger partial charge on any atom is 0.430 e. The molecule has 26 heavy (non-hydrogen) atoms. The highest BCUT2D eigenvalue weighted by atomic mass is 32.2. The zero-order valence-electron chi connectivity index (χ0n) is 13.3. The van der Waals surface area contributed by atoms with Crippen molar-refractivity contribution in [1.29, 1.82) is 0 Å². The SMILES string of the molecule is Cn1c(=O)n(Cc2csnn2)c2cc(C3=CC=C[SH]3C(F)(F)F)cnc21. The van der Waals surface area contributed by atoms with Gasteiger partial charge in [-0.2, -0.15) is 13.2 Å². The topological polar surface area (TPSA) is 65.6 Å². The van der Waals surface area contributed by atoms with E-state index in [9.17, 15) is 18.0 Å². The van der Waals surface area contributed by atoms with Gasteiger partial charge in [-0.05, 0) is 29.1 Å². The highest BCUT2D eigenvalue weighted by Gasteiger charge is 2.39. The third-order valence-corrected chi connectivity index (χ3v) is 6.51. The number of aryl methyl sites for hydroxylation is 1. The number of halogens is 3. The number of aromatic nitrogens is 5. The molecule has 1 atom stereocenters. The van der Waals surface area contributed by atoms with Gasteiger partial charge in [0.05, 0.1) is 17.8 Å². The number of fused-ring (bicyclic) bond motifs is 1. The second-order valence-electron chi connectivity index (χ2n) is 5.62. The number of rotatable bonds is 3. The molecular formula is C15H12F3N5OS2. The summed E-state index contributed by atoms with van der Waals surface area (Å²) in [7, 11) is -0.831. The van der Waals surface area contributed by atoms with Gasteiger partial charge >= 0.3 is 11.2 Å². The second kappa shape index (κ2) is 6.09. The van der Waals surface area contributed by atoms with Crippen LogP contribution in [-0.4, -0.2) is 29.2 Å². The van der Waals surface area contributed by atoms with Gasteiger partial charge in [-0.15, -0.1) is 16.0 Å². The summed E-state index contributed by atoms with van der Waals surface area (Å²) in [5.41, 5.74) is -2.78. The number of nitrogens with zero attached hydrogens (tertiary/aromatic N) is 5. The van der Waals surface area contributed by atoms with Crippen molar-refractivity contribution in [1.82, 2.24) is 23.7 Å². The number of hydrogen-bond donors (Lipinski definition) is 1. The van der Waals surface area contributed by atoms with E-state index in [4.69, 9.17) is 0 Å². The number of alkyl halides is 3. The van der Waals surface area contributed by atoms with Crippen molar-refractivity contribution in [3.05, 3.63) is 56.9 Å². The normalized spacial score (nSPS) is 18.6. The summed E-state index contributed by atoms with van der Waals surface area (Å²) < 4.78 is 46.3. The van der Waals surface area contributed by atoms with Gasteiger partial charge in [-0.3, -0.25) is 9.13 Å². The molecule has 1 aliphatic heterocycles. The molecule has 0 bridgehead atoms. The molecule has 1 unspecified atom stereocenters. The Labute approximate surface area is 151 Å². The van der Waals surface area contributed by atoms with Crippen LogP contribution >= 0.6 is 22.4 Å². The third-order valence-electron chi connectivity index (χ3n) is 4.02. The summed E-state index contributed by atoms with van der Waals surface area (Å²) >= 11 is 1.16. The Bertz CT molecular complexity index is 1100. The number of allylic oxidation sites excluding steroid dienone is 2. The number of thiol groups is 1. The van der Waals surface area contributed by atoms with Crippen LogP contribution in [0.5, 0.6) is 0 Å². The van der Waals surface area contributed by atoms with Crippen molar-refractivity contribution < 1.29 is 13.2 Å². The van der Waals surface area contributed by atoms with Crippen LogP contribution in [0.2, 0.25) is 0 Å². The molecule has 3 aromatic heterocycles. The van der Waals surface area contributed by atoms with Crippen LogP contribution in [0.15, 0.2) is 40.0 Å². The Morgan fingerprint density at radius 2 is 2.15 bits per heavy atom. The molecular weight excluding hydrogens is 387 g/mol. The maximum atomic E-state index is 13.3. The summed E-state index contributed by atoms with van der Waals surface area (Å²) in [5.74, 6) is 0. The minimum Gasteiger partial charge on any atom is -0.284 e. The summed E-state index contributed by atoms with van der Waals surface area (Å²) in [6.07, 6.45) is 4.26. The third kappa shape index (κ3) is 2.76. The van der Waals surface area contributed by atoms with Gasteiger partial charge in [0.1, 0.15) is 0 Å². The first-order valence-corrected chi connectivity index (χ1v) is 9.67. The Hall–Kier alpha value is -2.40. The molecule has 0 N–H and O–H groups in total. The zero-order chi connectivity index (χ0) is 18.5. The van der Waals surface area contributed by atoms with Gasteiger partial charge in [0.25, 0.3) is 0 Å². The summed E-state index contributed by atoms with van der Waals surface area (Å²) in [6.45, 7) is 0.184. The lowest BCUT2D eigenvalue weighted by Crippen LogP contribution is -2.22. The van der Waals surface area contributed by atoms with Gasteiger partial charge in [-0.25, -0.2) is 9.78 Å². The van der Waals surface area contributed by atoms with E-state index in [2.05, 4.69) is 14.6 Å². The van der Waals surface area contributed by atoms with Gasteiger partial charge in [-0.1, -0.05) is 10.6 Å². The number of imidazole rings is 1. The van der Waals surface area contributed by atoms with Crippen LogP contribution in [0.25, 0.3) is 16.1 Å². The fourth-order valence-electron chi connectivity index (χ4n) is 2.82. The summed E-state index contributed by atoms with van der Waals surface area (Å²) in [4.78, 5) is 16.9. The van der Waals surface area contributed by atoms with Crippen LogP contribution in [0.1, 0.15) is 11.3 Å². The van der Waals surface area contributed by atoms with E-state index in [1.165, 1.54) is 32.9 Å². The Morgan fingerprint density at radius 1 is 1.35 bits per heavy atom. The van der Waals surface area contributed by atoms with E-state index in [1.54, 1.807) is 18.5 Å². The van der Waals surface area contributed by atoms with Crippen molar-refractivity contribution in [3.8, 4) is 0 Å². The van der Waals surface area contributed by atoms with Gasteiger partial charge in [0.2, 0.25) is 0 Å². The standard InChI is InChI=1S/C15H12F3N5OS2/c1-22-13-11(23(14(22)24)7-10-8-25-21-20-10)5-9(6-19-13)12-3-2-4-26(12)15(16,17)18/h2-6,8,26H,7H2,1H3. The molecule has 4 rings (SSSR count). The maximum absolute atomic E-state index is 13.3. The molecule has 4 heterocycles. The van der Waals surface area contributed by atoms with Crippen molar-refractivity contribution in [3.63, 3.8) is 0 Å². The molecule has 0 aliphatic carbocycles. The highest BCUT2D eigenvalue weighted by molar-refractivity contribution is 8.28. The van der Waals surface area contributed by atoms with E-state index >= 15 is 0 Å². The molecule has 0 saturated heterocycles. The Balaban J connectivity index is 1.83. The molecule has 0 amide bonds. The summed E-state index contributed by atoms with van der Waals surface area (Å²) in [6, 6.07) is 1.59. The average molecular weight is 399 g/mol. The van der Waals surface area contributed by atoms with Crippen molar-refractivity contribution in [2.24, 2.45) is 7.05 Å². The van der Waals surface area contributed by atoms with Gasteiger partial charge in [0.15, 0.2) is 5.65 Å². The first kappa shape index (κ1) is 17.0. The fraction of sp³-hybridized carbons (Fsp3) is 0.200. The molecule has 3 aromatic rings. The first-order valence-electron chi connectivity index (χ1n) is 7.42. The van der Waals surface area contributed by atoms with Crippen LogP contribution < -0.4 is 5.69 Å². The van der Waals surface area contributed by atoms with Crippen LogP contribution in [-0.2, 0) is 13.6 Å². The molecule has 0 saturated carbocycles. The largest absolute Gasteiger partial charge is 0.430 e. The Kier molecular flexibility index (Phi) is 3.99.